The Morgan fingerprint density at radius 3 is 2.72 bits per heavy atom. The quantitative estimate of drug-likeness (QED) is 0.799. The number of hydrogen-bond donors (Lipinski definition) is 0. The zero-order chi connectivity index (χ0) is 13.3. The van der Waals surface area contributed by atoms with Gasteiger partial charge in [-0.3, -0.25) is 4.79 Å². The maximum Gasteiger partial charge on any atom is 0.255 e. The van der Waals surface area contributed by atoms with Crippen LogP contribution < -0.4 is 4.90 Å². The number of carbonyl (C=O) groups excluding carboxylic acids is 1. The van der Waals surface area contributed by atoms with Gasteiger partial charge in [0.15, 0.2) is 0 Å². The van der Waals surface area contributed by atoms with Crippen LogP contribution in [0, 0.1) is 0 Å². The number of anilines is 1. The topological polar surface area (TPSA) is 57.7 Å². The molecule has 5 nitrogen and oxygen atoms in total. The monoisotopic (exact) mass is 268 g/mol. The van der Waals surface area contributed by atoms with Gasteiger partial charge in [-0.05, 0) is 18.1 Å². The minimum atomic E-state index is -3.46. The van der Waals surface area contributed by atoms with E-state index in [4.69, 9.17) is 0 Å². The highest BCUT2D eigenvalue weighted by atomic mass is 32.2. The molecule has 2 rings (SSSR count). The third kappa shape index (κ3) is 2.48. The highest BCUT2D eigenvalue weighted by molar-refractivity contribution is 7.88. The fourth-order valence-electron chi connectivity index (χ4n) is 2.02. The van der Waals surface area contributed by atoms with Gasteiger partial charge in [0.1, 0.15) is 0 Å². The van der Waals surface area contributed by atoms with Crippen LogP contribution >= 0.6 is 0 Å². The SMILES string of the molecule is CN(C(=O)CN1CCc2ccccc21)S(C)(=O)=O. The summed E-state index contributed by atoms with van der Waals surface area (Å²) in [5.41, 5.74) is 2.22. The third-order valence-corrected chi connectivity index (χ3v) is 4.36. The summed E-state index contributed by atoms with van der Waals surface area (Å²) >= 11 is 0. The van der Waals surface area contributed by atoms with Gasteiger partial charge in [0.05, 0.1) is 12.8 Å². The molecule has 0 aliphatic carbocycles. The number of fused-ring (bicyclic) bond motifs is 1. The van der Waals surface area contributed by atoms with E-state index in [9.17, 15) is 13.2 Å². The Balaban J connectivity index is 2.11. The molecule has 0 saturated heterocycles. The van der Waals surface area contributed by atoms with E-state index >= 15 is 0 Å². The molecule has 1 aliphatic heterocycles. The van der Waals surface area contributed by atoms with E-state index in [1.807, 2.05) is 29.2 Å². The number of nitrogens with zero attached hydrogens (tertiary/aromatic N) is 2. The van der Waals surface area contributed by atoms with Crippen molar-refractivity contribution in [2.24, 2.45) is 0 Å². The maximum atomic E-state index is 11.9. The van der Waals surface area contributed by atoms with E-state index < -0.39 is 15.9 Å². The van der Waals surface area contributed by atoms with Crippen molar-refractivity contribution in [2.75, 3.05) is 31.3 Å². The summed E-state index contributed by atoms with van der Waals surface area (Å²) in [6, 6.07) is 7.87. The first kappa shape index (κ1) is 12.9. The average Bonchev–Trinajstić information content (AvgIpc) is 2.70. The van der Waals surface area contributed by atoms with Gasteiger partial charge in [0.2, 0.25) is 10.0 Å². The van der Waals surface area contributed by atoms with Gasteiger partial charge in [-0.25, -0.2) is 12.7 Å². The first-order valence-electron chi connectivity index (χ1n) is 5.69. The van der Waals surface area contributed by atoms with Crippen LogP contribution in [0.25, 0.3) is 0 Å². The van der Waals surface area contributed by atoms with Crippen LogP contribution in [0.3, 0.4) is 0 Å². The number of sulfonamides is 1. The Hall–Kier alpha value is -1.56. The molecule has 1 amide bonds. The highest BCUT2D eigenvalue weighted by Gasteiger charge is 2.24. The van der Waals surface area contributed by atoms with Crippen molar-refractivity contribution in [3.05, 3.63) is 29.8 Å². The van der Waals surface area contributed by atoms with E-state index in [2.05, 4.69) is 0 Å². The first-order chi connectivity index (χ1) is 8.39. The van der Waals surface area contributed by atoms with Gasteiger partial charge >= 0.3 is 0 Å². The number of rotatable bonds is 3. The van der Waals surface area contributed by atoms with Crippen LogP contribution in [0.2, 0.25) is 0 Å². The van der Waals surface area contributed by atoms with Gasteiger partial charge in [0.25, 0.3) is 5.91 Å². The maximum absolute atomic E-state index is 11.9. The van der Waals surface area contributed by atoms with Crippen LogP contribution in [0.1, 0.15) is 5.56 Å². The molecule has 0 spiro atoms. The summed E-state index contributed by atoms with van der Waals surface area (Å²) in [7, 11) is -2.17. The number of likely N-dealkylation sites (N-methyl/N-ethyl adjacent to an activating group) is 1. The molecule has 0 atom stereocenters. The molecule has 18 heavy (non-hydrogen) atoms. The Labute approximate surface area is 107 Å². The fourth-order valence-corrected chi connectivity index (χ4v) is 2.45. The van der Waals surface area contributed by atoms with Crippen molar-refractivity contribution in [3.63, 3.8) is 0 Å². The molecule has 0 bridgehead atoms. The molecular formula is C12H16N2O3S. The second kappa shape index (κ2) is 4.61. The molecule has 0 saturated carbocycles. The van der Waals surface area contributed by atoms with E-state index in [1.165, 1.54) is 12.6 Å². The molecule has 0 fully saturated rings. The highest BCUT2D eigenvalue weighted by Crippen LogP contribution is 2.27. The van der Waals surface area contributed by atoms with E-state index in [0.717, 1.165) is 29.2 Å². The van der Waals surface area contributed by atoms with Gasteiger partial charge in [-0.15, -0.1) is 0 Å². The molecule has 0 N–H and O–H groups in total. The summed E-state index contributed by atoms with van der Waals surface area (Å²) in [5.74, 6) is -0.408. The Morgan fingerprint density at radius 2 is 2.06 bits per heavy atom. The van der Waals surface area contributed by atoms with E-state index in [1.54, 1.807) is 0 Å². The van der Waals surface area contributed by atoms with E-state index in [-0.39, 0.29) is 6.54 Å². The Bertz CT molecular complexity index is 568. The normalized spacial score (nSPS) is 14.4. The number of carbonyl (C=O) groups is 1. The second-order valence-corrected chi connectivity index (χ2v) is 6.44. The summed E-state index contributed by atoms with van der Waals surface area (Å²) in [6.45, 7) is 0.850. The average molecular weight is 268 g/mol. The van der Waals surface area contributed by atoms with Gasteiger partial charge in [0, 0.05) is 19.3 Å². The number of para-hydroxylation sites is 1. The lowest BCUT2D eigenvalue weighted by Crippen LogP contribution is -2.40. The van der Waals surface area contributed by atoms with Crippen molar-refractivity contribution >= 4 is 21.6 Å². The van der Waals surface area contributed by atoms with Gasteiger partial charge < -0.3 is 4.90 Å². The third-order valence-electron chi connectivity index (χ3n) is 3.16. The van der Waals surface area contributed by atoms with Crippen molar-refractivity contribution in [2.45, 2.75) is 6.42 Å². The van der Waals surface area contributed by atoms with Crippen LogP contribution in [0.4, 0.5) is 5.69 Å². The zero-order valence-electron chi connectivity index (χ0n) is 10.5. The van der Waals surface area contributed by atoms with Crippen LogP contribution in [-0.2, 0) is 21.2 Å². The van der Waals surface area contributed by atoms with Crippen LogP contribution in [0.5, 0.6) is 0 Å². The van der Waals surface area contributed by atoms with Crippen molar-refractivity contribution in [1.29, 1.82) is 0 Å². The summed E-state index contributed by atoms with van der Waals surface area (Å²) in [5, 5.41) is 0. The number of hydrogen-bond acceptors (Lipinski definition) is 4. The van der Waals surface area contributed by atoms with Crippen molar-refractivity contribution in [3.8, 4) is 0 Å². The molecule has 1 aliphatic rings. The molecule has 6 heteroatoms. The lowest BCUT2D eigenvalue weighted by molar-refractivity contribution is -0.124. The molecule has 0 aromatic heterocycles. The van der Waals surface area contributed by atoms with E-state index in [0.29, 0.717) is 0 Å². The van der Waals surface area contributed by atoms with Gasteiger partial charge in [-0.1, -0.05) is 18.2 Å². The molecule has 1 heterocycles. The number of amides is 1. The minimum Gasteiger partial charge on any atom is -0.362 e. The molecular weight excluding hydrogens is 252 g/mol. The van der Waals surface area contributed by atoms with Crippen LogP contribution in [0.15, 0.2) is 24.3 Å². The predicted molar refractivity (Wildman–Crippen MR) is 70.0 cm³/mol. The Morgan fingerprint density at radius 1 is 1.39 bits per heavy atom. The molecule has 0 unspecified atom stereocenters. The molecule has 0 radical (unpaired) electrons. The predicted octanol–water partition coefficient (Wildman–Crippen LogP) is 0.467. The lowest BCUT2D eigenvalue weighted by Gasteiger charge is -2.22. The van der Waals surface area contributed by atoms with Crippen LogP contribution in [-0.4, -0.2) is 45.0 Å². The Kier molecular flexibility index (Phi) is 3.30. The molecule has 1 aromatic rings. The van der Waals surface area contributed by atoms with Crippen molar-refractivity contribution in [1.82, 2.24) is 4.31 Å². The molecule has 98 valence electrons. The van der Waals surface area contributed by atoms with Crippen molar-refractivity contribution < 1.29 is 13.2 Å². The lowest BCUT2D eigenvalue weighted by atomic mass is 10.2. The van der Waals surface area contributed by atoms with Gasteiger partial charge in [-0.2, -0.15) is 0 Å². The summed E-state index contributed by atoms with van der Waals surface area (Å²) in [6.07, 6.45) is 1.93. The largest absolute Gasteiger partial charge is 0.362 e. The number of benzene rings is 1. The zero-order valence-corrected chi connectivity index (χ0v) is 11.3. The second-order valence-electron chi connectivity index (χ2n) is 4.42. The summed E-state index contributed by atoms with van der Waals surface area (Å²) in [4.78, 5) is 13.8. The summed E-state index contributed by atoms with van der Waals surface area (Å²) < 4.78 is 23.4. The minimum absolute atomic E-state index is 0.0978. The molecule has 1 aromatic carbocycles. The standard InChI is InChI=1S/C12H16N2O3S/c1-13(18(2,16)17)12(15)9-14-8-7-10-5-3-4-6-11(10)14/h3-6H,7-9H2,1-2H3. The smallest absolute Gasteiger partial charge is 0.255 e. The first-order valence-corrected chi connectivity index (χ1v) is 7.54. The fraction of sp³-hybridized carbons (Fsp3) is 0.417.